The van der Waals surface area contributed by atoms with E-state index in [4.69, 9.17) is 4.98 Å². The summed E-state index contributed by atoms with van der Waals surface area (Å²) in [5, 5.41) is 0.694. The van der Waals surface area contributed by atoms with Gasteiger partial charge in [-0.3, -0.25) is 0 Å². The van der Waals surface area contributed by atoms with E-state index in [2.05, 4.69) is 16.5 Å². The topological polar surface area (TPSA) is 107 Å². The lowest BCUT2D eigenvalue weighted by Crippen LogP contribution is -2.46. The van der Waals surface area contributed by atoms with E-state index >= 15 is 0 Å². The lowest BCUT2D eigenvalue weighted by Gasteiger charge is -2.40. The lowest BCUT2D eigenvalue weighted by atomic mass is 9.89. The van der Waals surface area contributed by atoms with E-state index < -0.39 is 20.0 Å². The number of rotatable bonds is 4. The average molecular weight is 488 g/mol. The van der Waals surface area contributed by atoms with E-state index in [0.29, 0.717) is 42.5 Å². The summed E-state index contributed by atoms with van der Waals surface area (Å²) in [5.41, 5.74) is 1.47. The molecule has 0 N–H and O–H groups in total. The third-order valence-corrected chi connectivity index (χ3v) is 9.55. The highest BCUT2D eigenvalue weighted by Crippen LogP contribution is 2.37. The van der Waals surface area contributed by atoms with Crippen molar-refractivity contribution in [3.63, 3.8) is 0 Å². The summed E-state index contributed by atoms with van der Waals surface area (Å²) in [7, 11) is -7.05. The number of nitrogens with zero attached hydrogens (tertiary/aromatic N) is 5. The van der Waals surface area contributed by atoms with Crippen LogP contribution in [0.1, 0.15) is 25.6 Å². The zero-order valence-corrected chi connectivity index (χ0v) is 20.3. The van der Waals surface area contributed by atoms with Crippen LogP contribution >= 0.6 is 0 Å². The van der Waals surface area contributed by atoms with Crippen molar-refractivity contribution in [2.75, 3.05) is 19.3 Å². The minimum atomic E-state index is -3.81. The van der Waals surface area contributed by atoms with Crippen molar-refractivity contribution in [2.45, 2.75) is 37.1 Å². The van der Waals surface area contributed by atoms with Gasteiger partial charge in [0.15, 0.2) is 5.65 Å². The van der Waals surface area contributed by atoms with Crippen LogP contribution in [0.3, 0.4) is 0 Å². The number of aryl methyl sites for hydroxylation is 1. The summed E-state index contributed by atoms with van der Waals surface area (Å²) in [6.45, 7) is 4.86. The molecule has 1 aromatic carbocycles. The second kappa shape index (κ2) is 7.37. The molecule has 0 aliphatic carbocycles. The maximum Gasteiger partial charge on any atom is 0.269 e. The van der Waals surface area contributed by atoms with Gasteiger partial charge < -0.3 is 4.57 Å². The summed E-state index contributed by atoms with van der Waals surface area (Å²) in [5.74, 6) is 0.785. The maximum absolute atomic E-state index is 13.3. The van der Waals surface area contributed by atoms with Crippen molar-refractivity contribution < 1.29 is 16.8 Å². The number of hydrogen-bond donors (Lipinski definition) is 0. The molecule has 0 bridgehead atoms. The molecule has 0 amide bonds. The van der Waals surface area contributed by atoms with E-state index in [1.165, 1.54) is 20.7 Å². The highest BCUT2D eigenvalue weighted by atomic mass is 32.2. The molecule has 5 rings (SSSR count). The Kier molecular flexibility index (Phi) is 4.93. The zero-order valence-electron chi connectivity index (χ0n) is 18.6. The minimum absolute atomic E-state index is 0.189. The number of pyridine rings is 1. The van der Waals surface area contributed by atoms with E-state index in [0.717, 1.165) is 11.3 Å². The van der Waals surface area contributed by atoms with Gasteiger partial charge in [0.1, 0.15) is 11.3 Å². The Balaban J connectivity index is 1.67. The molecular formula is C22H25N5O4S2. The third-order valence-electron chi connectivity index (χ3n) is 6.57. The van der Waals surface area contributed by atoms with Crippen LogP contribution in [-0.2, 0) is 25.6 Å². The van der Waals surface area contributed by atoms with E-state index in [1.807, 2.05) is 6.92 Å². The quantitative estimate of drug-likeness (QED) is 0.438. The summed E-state index contributed by atoms with van der Waals surface area (Å²) in [6, 6.07) is 10.0. The number of piperidine rings is 1. The maximum atomic E-state index is 13.3. The zero-order chi connectivity index (χ0) is 23.6. The molecule has 1 saturated heterocycles. The molecule has 3 aromatic heterocycles. The van der Waals surface area contributed by atoms with Gasteiger partial charge in [0.05, 0.1) is 22.9 Å². The molecule has 0 radical (unpaired) electrons. The van der Waals surface area contributed by atoms with Gasteiger partial charge in [-0.2, -0.15) is 0 Å². The molecule has 0 atom stereocenters. The Bertz CT molecular complexity index is 1580. The first-order valence-electron chi connectivity index (χ1n) is 10.6. The molecule has 1 fully saturated rings. The molecule has 1 aliphatic heterocycles. The second-order valence-corrected chi connectivity index (χ2v) is 12.6. The number of imidazole rings is 1. The number of benzene rings is 1. The van der Waals surface area contributed by atoms with Crippen molar-refractivity contribution in [2.24, 2.45) is 0 Å². The second-order valence-electron chi connectivity index (χ2n) is 8.81. The fourth-order valence-corrected chi connectivity index (χ4v) is 6.99. The fourth-order valence-electron chi connectivity index (χ4n) is 4.83. The SMILES string of the molecule is Cc1nc2cnc3c(ccn3S(=O)(=O)c3ccccc3)c2n1C1(C)CCN(S(C)(=O)=O)CC1. The molecule has 4 heterocycles. The van der Waals surface area contributed by atoms with Gasteiger partial charge in [0.2, 0.25) is 10.0 Å². The molecule has 0 spiro atoms. The normalized spacial score (nSPS) is 17.7. The highest BCUT2D eigenvalue weighted by molar-refractivity contribution is 7.90. The number of hydrogen-bond acceptors (Lipinski definition) is 6. The Morgan fingerprint density at radius 3 is 2.30 bits per heavy atom. The van der Waals surface area contributed by atoms with E-state index in [-0.39, 0.29) is 10.4 Å². The molecule has 33 heavy (non-hydrogen) atoms. The van der Waals surface area contributed by atoms with E-state index in [9.17, 15) is 16.8 Å². The predicted molar refractivity (Wildman–Crippen MR) is 126 cm³/mol. The summed E-state index contributed by atoms with van der Waals surface area (Å²) < 4.78 is 55.4. The van der Waals surface area contributed by atoms with Gasteiger partial charge in [-0.05, 0) is 44.9 Å². The van der Waals surface area contributed by atoms with Crippen LogP contribution in [0.2, 0.25) is 0 Å². The summed E-state index contributed by atoms with van der Waals surface area (Å²) in [4.78, 5) is 9.33. The Labute approximate surface area is 192 Å². The Morgan fingerprint density at radius 1 is 1.00 bits per heavy atom. The standard InChI is InChI=1S/C22H25N5O4S2/c1-16-24-19-15-23-21-18(9-12-26(21)33(30,31)17-7-5-4-6-8-17)20(19)27(16)22(2)10-13-25(14-11-22)32(3,28)29/h4-9,12,15H,10-11,13-14H2,1-3H3. The number of sulfonamides is 1. The van der Waals surface area contributed by atoms with Crippen LogP contribution < -0.4 is 0 Å². The van der Waals surface area contributed by atoms with Gasteiger partial charge >= 0.3 is 0 Å². The van der Waals surface area contributed by atoms with Crippen LogP contribution in [0.4, 0.5) is 0 Å². The van der Waals surface area contributed by atoms with Gasteiger partial charge in [-0.25, -0.2) is 35.1 Å². The average Bonchev–Trinajstić information content (AvgIpc) is 3.35. The first-order valence-corrected chi connectivity index (χ1v) is 13.9. The molecule has 4 aromatic rings. The van der Waals surface area contributed by atoms with Crippen molar-refractivity contribution in [3.8, 4) is 0 Å². The van der Waals surface area contributed by atoms with Gasteiger partial charge in [0, 0.05) is 30.2 Å². The van der Waals surface area contributed by atoms with E-state index in [1.54, 1.807) is 42.6 Å². The predicted octanol–water partition coefficient (Wildman–Crippen LogP) is 2.70. The first kappa shape index (κ1) is 22.1. The summed E-state index contributed by atoms with van der Waals surface area (Å²) in [6.07, 6.45) is 5.62. The lowest BCUT2D eigenvalue weighted by molar-refractivity contribution is 0.182. The van der Waals surface area contributed by atoms with Crippen molar-refractivity contribution in [1.29, 1.82) is 0 Å². The van der Waals surface area contributed by atoms with Crippen LogP contribution in [0.5, 0.6) is 0 Å². The Hall–Kier alpha value is -2.76. The van der Waals surface area contributed by atoms with Gasteiger partial charge in [-0.1, -0.05) is 18.2 Å². The Morgan fingerprint density at radius 2 is 1.67 bits per heavy atom. The number of aromatic nitrogens is 4. The van der Waals surface area contributed by atoms with Crippen molar-refractivity contribution in [1.82, 2.24) is 22.8 Å². The fraction of sp³-hybridized carbons (Fsp3) is 0.364. The van der Waals surface area contributed by atoms with Crippen LogP contribution in [0, 0.1) is 6.92 Å². The molecule has 0 saturated carbocycles. The highest BCUT2D eigenvalue weighted by Gasteiger charge is 2.37. The first-order chi connectivity index (χ1) is 15.5. The summed E-state index contributed by atoms with van der Waals surface area (Å²) >= 11 is 0. The minimum Gasteiger partial charge on any atom is -0.322 e. The molecule has 0 unspecified atom stereocenters. The third kappa shape index (κ3) is 3.46. The molecular weight excluding hydrogens is 462 g/mol. The monoisotopic (exact) mass is 487 g/mol. The largest absolute Gasteiger partial charge is 0.322 e. The van der Waals surface area contributed by atoms with Gasteiger partial charge in [0.25, 0.3) is 10.0 Å². The van der Waals surface area contributed by atoms with Crippen molar-refractivity contribution in [3.05, 3.63) is 54.6 Å². The van der Waals surface area contributed by atoms with Crippen LogP contribution in [-0.4, -0.2) is 59.0 Å². The molecule has 11 heteroatoms. The van der Waals surface area contributed by atoms with Crippen LogP contribution in [0.15, 0.2) is 53.7 Å². The van der Waals surface area contributed by atoms with Crippen molar-refractivity contribution >= 4 is 42.1 Å². The molecule has 174 valence electrons. The number of fused-ring (bicyclic) bond motifs is 3. The molecule has 1 aliphatic rings. The van der Waals surface area contributed by atoms with Gasteiger partial charge in [-0.15, -0.1) is 0 Å². The molecule has 9 nitrogen and oxygen atoms in total. The smallest absolute Gasteiger partial charge is 0.269 e. The van der Waals surface area contributed by atoms with Crippen LogP contribution in [0.25, 0.3) is 22.1 Å².